The average molecular weight is 239 g/mol. The zero-order valence-electron chi connectivity index (χ0n) is 11.0. The van der Waals surface area contributed by atoms with E-state index in [0.29, 0.717) is 0 Å². The minimum absolute atomic E-state index is 0.846. The van der Waals surface area contributed by atoms with Gasteiger partial charge < -0.3 is 4.52 Å². The second-order valence-electron chi connectivity index (χ2n) is 3.90. The summed E-state index contributed by atoms with van der Waals surface area (Å²) in [6.07, 6.45) is 0. The maximum absolute atomic E-state index is 5.33. The lowest BCUT2D eigenvalue weighted by atomic mass is 10.1. The van der Waals surface area contributed by atoms with Crippen molar-refractivity contribution in [2.45, 2.75) is 20.8 Å². The minimum Gasteiger partial charge on any atom is -0.356 e. The Morgan fingerprint density at radius 3 is 2.39 bits per heavy atom. The molecule has 2 heteroatoms. The standard InChI is InChI=1S/C14H11NO.C2H6/c1-10-7-8-12-13(9-10)16-15-14(12)11-5-3-2-4-6-11;1-2/h2-9H,1H3;1-2H3. The van der Waals surface area contributed by atoms with Crippen molar-refractivity contribution in [1.82, 2.24) is 5.16 Å². The van der Waals surface area contributed by atoms with E-state index >= 15 is 0 Å². The van der Waals surface area contributed by atoms with Crippen molar-refractivity contribution in [3.63, 3.8) is 0 Å². The van der Waals surface area contributed by atoms with Gasteiger partial charge in [0.05, 0.1) is 0 Å². The zero-order chi connectivity index (χ0) is 13.0. The smallest absolute Gasteiger partial charge is 0.167 e. The molecule has 1 heterocycles. The molecule has 1 aromatic heterocycles. The van der Waals surface area contributed by atoms with E-state index in [1.54, 1.807) is 0 Å². The Hall–Kier alpha value is -2.09. The number of nitrogens with zero attached hydrogens (tertiary/aromatic N) is 1. The SMILES string of the molecule is CC.Cc1ccc2c(-c3ccccc3)noc2c1. The molecule has 0 N–H and O–H groups in total. The van der Waals surface area contributed by atoms with Gasteiger partial charge in [0.25, 0.3) is 0 Å². The van der Waals surface area contributed by atoms with Gasteiger partial charge in [-0.15, -0.1) is 0 Å². The number of hydrogen-bond acceptors (Lipinski definition) is 2. The maximum Gasteiger partial charge on any atom is 0.167 e. The molecule has 18 heavy (non-hydrogen) atoms. The number of benzene rings is 2. The first-order valence-corrected chi connectivity index (χ1v) is 6.26. The molecule has 0 amide bonds. The summed E-state index contributed by atoms with van der Waals surface area (Å²) in [5.41, 5.74) is 4.03. The van der Waals surface area contributed by atoms with Crippen molar-refractivity contribution in [3.8, 4) is 11.3 Å². The highest BCUT2D eigenvalue weighted by Crippen LogP contribution is 2.27. The van der Waals surface area contributed by atoms with Crippen LogP contribution in [-0.4, -0.2) is 5.16 Å². The Bertz CT molecular complexity index is 626. The highest BCUT2D eigenvalue weighted by Gasteiger charge is 2.09. The summed E-state index contributed by atoms with van der Waals surface area (Å²) in [5, 5.41) is 5.20. The molecule has 92 valence electrons. The van der Waals surface area contributed by atoms with Gasteiger partial charge in [0.1, 0.15) is 5.69 Å². The number of hydrogen-bond donors (Lipinski definition) is 0. The third-order valence-electron chi connectivity index (χ3n) is 2.67. The van der Waals surface area contributed by atoms with Crippen LogP contribution in [0.1, 0.15) is 19.4 Å². The van der Waals surface area contributed by atoms with Crippen molar-refractivity contribution >= 4 is 11.0 Å². The van der Waals surface area contributed by atoms with Gasteiger partial charge in [-0.2, -0.15) is 0 Å². The molecule has 0 saturated carbocycles. The molecule has 0 unspecified atom stereocenters. The molecule has 2 aromatic carbocycles. The molecule has 0 spiro atoms. The first-order chi connectivity index (χ1) is 8.84. The number of rotatable bonds is 1. The molecule has 0 bridgehead atoms. The van der Waals surface area contributed by atoms with Crippen molar-refractivity contribution in [2.24, 2.45) is 0 Å². The first-order valence-electron chi connectivity index (χ1n) is 6.26. The Morgan fingerprint density at radius 1 is 0.944 bits per heavy atom. The van der Waals surface area contributed by atoms with Gasteiger partial charge in [0, 0.05) is 10.9 Å². The summed E-state index contributed by atoms with van der Waals surface area (Å²) >= 11 is 0. The van der Waals surface area contributed by atoms with Crippen molar-refractivity contribution in [3.05, 3.63) is 54.1 Å². The molecule has 0 aliphatic rings. The molecule has 0 aliphatic heterocycles. The van der Waals surface area contributed by atoms with Crippen molar-refractivity contribution in [1.29, 1.82) is 0 Å². The monoisotopic (exact) mass is 239 g/mol. The van der Waals surface area contributed by atoms with Crippen LogP contribution < -0.4 is 0 Å². The van der Waals surface area contributed by atoms with E-state index in [0.717, 1.165) is 22.2 Å². The fraction of sp³-hybridized carbons (Fsp3) is 0.188. The highest BCUT2D eigenvalue weighted by molar-refractivity contribution is 5.91. The van der Waals surface area contributed by atoms with E-state index in [4.69, 9.17) is 4.52 Å². The summed E-state index contributed by atoms with van der Waals surface area (Å²) in [6, 6.07) is 16.2. The molecule has 0 saturated heterocycles. The molecule has 0 aliphatic carbocycles. The first kappa shape index (κ1) is 12.4. The fourth-order valence-corrected chi connectivity index (χ4v) is 1.85. The van der Waals surface area contributed by atoms with Crippen LogP contribution in [0.15, 0.2) is 53.1 Å². The second-order valence-corrected chi connectivity index (χ2v) is 3.90. The summed E-state index contributed by atoms with van der Waals surface area (Å²) in [5.74, 6) is 0. The molecule has 2 nitrogen and oxygen atoms in total. The van der Waals surface area contributed by atoms with Crippen LogP contribution >= 0.6 is 0 Å². The van der Waals surface area contributed by atoms with E-state index in [9.17, 15) is 0 Å². The zero-order valence-corrected chi connectivity index (χ0v) is 11.0. The molecule has 0 fully saturated rings. The number of aryl methyl sites for hydroxylation is 1. The van der Waals surface area contributed by atoms with E-state index in [2.05, 4.69) is 17.3 Å². The van der Waals surface area contributed by atoms with Crippen LogP contribution in [0.4, 0.5) is 0 Å². The van der Waals surface area contributed by atoms with Crippen molar-refractivity contribution < 1.29 is 4.52 Å². The molecule has 3 aromatic rings. The van der Waals surface area contributed by atoms with E-state index < -0.39 is 0 Å². The molecular weight excluding hydrogens is 222 g/mol. The van der Waals surface area contributed by atoms with Gasteiger partial charge in [-0.3, -0.25) is 0 Å². The molecular formula is C16H17NO. The van der Waals surface area contributed by atoms with Crippen molar-refractivity contribution in [2.75, 3.05) is 0 Å². The van der Waals surface area contributed by atoms with Gasteiger partial charge in [0.2, 0.25) is 0 Å². The Balaban J connectivity index is 0.000000574. The topological polar surface area (TPSA) is 26.0 Å². The number of aromatic nitrogens is 1. The van der Waals surface area contributed by atoms with E-state index in [1.165, 1.54) is 5.56 Å². The van der Waals surface area contributed by atoms with Crippen LogP contribution in [0, 0.1) is 6.92 Å². The predicted octanol–water partition coefficient (Wildman–Crippen LogP) is 4.83. The minimum atomic E-state index is 0.846. The van der Waals surface area contributed by atoms with E-state index in [-0.39, 0.29) is 0 Å². The van der Waals surface area contributed by atoms with Gasteiger partial charge >= 0.3 is 0 Å². The maximum atomic E-state index is 5.33. The third-order valence-corrected chi connectivity index (χ3v) is 2.67. The average Bonchev–Trinajstić information content (AvgIpc) is 2.85. The van der Waals surface area contributed by atoms with Crippen LogP contribution in [0.5, 0.6) is 0 Å². The molecule has 0 atom stereocenters. The second kappa shape index (κ2) is 5.50. The quantitative estimate of drug-likeness (QED) is 0.608. The largest absolute Gasteiger partial charge is 0.356 e. The van der Waals surface area contributed by atoms with Gasteiger partial charge in [0.15, 0.2) is 5.58 Å². The van der Waals surface area contributed by atoms with E-state index in [1.807, 2.05) is 57.2 Å². The van der Waals surface area contributed by atoms with Crippen LogP contribution in [-0.2, 0) is 0 Å². The van der Waals surface area contributed by atoms with Gasteiger partial charge in [-0.25, -0.2) is 0 Å². The Kier molecular flexibility index (Phi) is 3.78. The lowest BCUT2D eigenvalue weighted by Crippen LogP contribution is -1.77. The summed E-state index contributed by atoms with van der Waals surface area (Å²) in [6.45, 7) is 6.05. The third kappa shape index (κ3) is 2.28. The summed E-state index contributed by atoms with van der Waals surface area (Å²) in [4.78, 5) is 0. The van der Waals surface area contributed by atoms with Crippen LogP contribution in [0.25, 0.3) is 22.2 Å². The predicted molar refractivity (Wildman–Crippen MR) is 75.5 cm³/mol. The lowest BCUT2D eigenvalue weighted by molar-refractivity contribution is 0.459. The van der Waals surface area contributed by atoms with Gasteiger partial charge in [-0.05, 0) is 24.6 Å². The fourth-order valence-electron chi connectivity index (χ4n) is 1.85. The Labute approximate surface area is 107 Å². The summed E-state index contributed by atoms with van der Waals surface area (Å²) < 4.78 is 5.33. The van der Waals surface area contributed by atoms with Crippen LogP contribution in [0.2, 0.25) is 0 Å². The van der Waals surface area contributed by atoms with Crippen LogP contribution in [0.3, 0.4) is 0 Å². The summed E-state index contributed by atoms with van der Waals surface area (Å²) in [7, 11) is 0. The molecule has 0 radical (unpaired) electrons. The normalized spacial score (nSPS) is 9.94. The van der Waals surface area contributed by atoms with Gasteiger partial charge in [-0.1, -0.05) is 55.4 Å². The number of fused-ring (bicyclic) bond motifs is 1. The Morgan fingerprint density at radius 2 is 1.67 bits per heavy atom. The highest BCUT2D eigenvalue weighted by atomic mass is 16.5. The molecule has 3 rings (SSSR count). The lowest BCUT2D eigenvalue weighted by Gasteiger charge is -1.95.